The van der Waals surface area contributed by atoms with E-state index in [0.29, 0.717) is 5.52 Å². The van der Waals surface area contributed by atoms with E-state index in [4.69, 9.17) is 0 Å². The summed E-state index contributed by atoms with van der Waals surface area (Å²) >= 11 is 0. The number of hydrogen-bond acceptors (Lipinski definition) is 5. The molecule has 1 aliphatic rings. The smallest absolute Gasteiger partial charge is 0.201 e. The Morgan fingerprint density at radius 1 is 1.17 bits per heavy atom. The van der Waals surface area contributed by atoms with Crippen LogP contribution in [0, 0.1) is 0 Å². The molecule has 3 N–H and O–H groups in total. The van der Waals surface area contributed by atoms with Gasteiger partial charge in [-0.15, -0.1) is 0 Å². The number of carbonyl (C=O) groups is 1. The second-order valence-corrected chi connectivity index (χ2v) is 4.08. The molecule has 0 saturated heterocycles. The summed E-state index contributed by atoms with van der Waals surface area (Å²) in [6.45, 7) is 0. The molecule has 5 nitrogen and oxygen atoms in total. The predicted octanol–water partition coefficient (Wildman–Crippen LogP) is 1.58. The number of pyridine rings is 1. The summed E-state index contributed by atoms with van der Waals surface area (Å²) < 4.78 is 0. The Morgan fingerprint density at radius 2 is 1.89 bits per heavy atom. The Hall–Kier alpha value is -2.40. The van der Waals surface area contributed by atoms with Crippen molar-refractivity contribution in [2.45, 2.75) is 6.10 Å². The molecule has 0 bridgehead atoms. The molecule has 3 rings (SSSR count). The van der Waals surface area contributed by atoms with Crippen LogP contribution in [0.5, 0.6) is 0 Å². The van der Waals surface area contributed by atoms with Gasteiger partial charge in [-0.1, -0.05) is 18.2 Å². The van der Waals surface area contributed by atoms with E-state index in [-0.39, 0.29) is 11.3 Å². The maximum absolute atomic E-state index is 11.8. The highest BCUT2D eigenvalue weighted by atomic mass is 16.3. The lowest BCUT2D eigenvalue weighted by atomic mass is 9.94. The number of rotatable bonds is 0. The van der Waals surface area contributed by atoms with Gasteiger partial charge in [0.2, 0.25) is 5.78 Å². The van der Waals surface area contributed by atoms with Crippen LogP contribution in [0.3, 0.4) is 0 Å². The van der Waals surface area contributed by atoms with Gasteiger partial charge in [0, 0.05) is 5.39 Å². The summed E-state index contributed by atoms with van der Waals surface area (Å²) in [4.78, 5) is 16.0. The molecule has 0 fully saturated rings. The van der Waals surface area contributed by atoms with E-state index in [2.05, 4.69) is 4.98 Å². The van der Waals surface area contributed by atoms with Crippen molar-refractivity contribution < 1.29 is 20.1 Å². The highest BCUT2D eigenvalue weighted by Crippen LogP contribution is 2.29. The normalized spacial score (nSPS) is 19.2. The first-order chi connectivity index (χ1) is 8.59. The van der Waals surface area contributed by atoms with Crippen molar-refractivity contribution in [2.24, 2.45) is 0 Å². The lowest BCUT2D eigenvalue weighted by molar-refractivity contribution is 0.0716. The van der Waals surface area contributed by atoms with E-state index >= 15 is 0 Å². The minimum Gasteiger partial charge on any atom is -0.506 e. The van der Waals surface area contributed by atoms with Gasteiger partial charge in [0.1, 0.15) is 5.69 Å². The molecule has 1 heterocycles. The van der Waals surface area contributed by atoms with E-state index < -0.39 is 23.4 Å². The number of carbonyl (C=O) groups excluding carboxylic acids is 1. The average Bonchev–Trinajstić information content (AvgIpc) is 2.41. The maximum Gasteiger partial charge on any atom is 0.201 e. The third-order valence-corrected chi connectivity index (χ3v) is 2.96. The van der Waals surface area contributed by atoms with Gasteiger partial charge >= 0.3 is 0 Å². The van der Waals surface area contributed by atoms with E-state index in [1.54, 1.807) is 30.3 Å². The van der Waals surface area contributed by atoms with Crippen molar-refractivity contribution in [3.05, 3.63) is 47.3 Å². The monoisotopic (exact) mass is 243 g/mol. The van der Waals surface area contributed by atoms with Gasteiger partial charge in [0.15, 0.2) is 17.6 Å². The predicted molar refractivity (Wildman–Crippen MR) is 64.3 cm³/mol. The van der Waals surface area contributed by atoms with Crippen molar-refractivity contribution in [1.29, 1.82) is 0 Å². The molecule has 1 unspecified atom stereocenters. The molecular weight excluding hydrogens is 234 g/mol. The summed E-state index contributed by atoms with van der Waals surface area (Å²) in [5.74, 6) is -1.98. The van der Waals surface area contributed by atoms with E-state index in [0.717, 1.165) is 5.39 Å². The molecule has 1 atom stereocenters. The second-order valence-electron chi connectivity index (χ2n) is 4.08. The van der Waals surface area contributed by atoms with Crippen LogP contribution in [-0.4, -0.2) is 32.2 Å². The fourth-order valence-electron chi connectivity index (χ4n) is 2.01. The first kappa shape index (κ1) is 10.7. The number of aliphatic hydroxyl groups excluding tert-OH is 3. The molecule has 1 aliphatic carbocycles. The van der Waals surface area contributed by atoms with Crippen molar-refractivity contribution >= 4 is 22.4 Å². The molecule has 0 aliphatic heterocycles. The molecule has 0 spiro atoms. The number of ketones is 1. The standard InChI is InChI=1S/C13H9NO4/c15-10-7-5-6-3-1-2-4-8(6)14-9(7)11(16)13(18)12(10)17/h1-5,12,16-18H. The Labute approximate surface area is 102 Å². The largest absolute Gasteiger partial charge is 0.506 e. The minimum atomic E-state index is -1.72. The molecular formula is C13H9NO4. The third-order valence-electron chi connectivity index (χ3n) is 2.96. The quantitative estimate of drug-likeness (QED) is 0.653. The fraction of sp³-hybridized carbons (Fsp3) is 0.0769. The Kier molecular flexibility index (Phi) is 2.11. The molecule has 90 valence electrons. The van der Waals surface area contributed by atoms with Crippen LogP contribution < -0.4 is 0 Å². The number of benzene rings is 1. The van der Waals surface area contributed by atoms with Gasteiger partial charge in [-0.25, -0.2) is 4.98 Å². The van der Waals surface area contributed by atoms with Crippen LogP contribution >= 0.6 is 0 Å². The summed E-state index contributed by atoms with van der Waals surface area (Å²) in [5.41, 5.74) is 0.706. The number of aromatic nitrogens is 1. The molecule has 1 aromatic carbocycles. The van der Waals surface area contributed by atoms with Gasteiger partial charge in [0.25, 0.3) is 0 Å². The van der Waals surface area contributed by atoms with E-state index in [1.165, 1.54) is 0 Å². The second kappa shape index (κ2) is 3.54. The van der Waals surface area contributed by atoms with E-state index in [9.17, 15) is 20.1 Å². The number of para-hydroxylation sites is 1. The number of fused-ring (bicyclic) bond motifs is 2. The van der Waals surface area contributed by atoms with Crippen LogP contribution in [0.15, 0.2) is 36.1 Å². The highest BCUT2D eigenvalue weighted by Gasteiger charge is 2.34. The number of Topliss-reactive ketones (excluding diaryl/α,β-unsaturated/α-hetero) is 1. The van der Waals surface area contributed by atoms with Crippen LogP contribution in [0.4, 0.5) is 0 Å². The number of aliphatic hydroxyl groups is 3. The molecule has 2 aromatic rings. The third kappa shape index (κ3) is 1.31. The van der Waals surface area contributed by atoms with Crippen LogP contribution in [0.1, 0.15) is 16.1 Å². The van der Waals surface area contributed by atoms with Gasteiger partial charge < -0.3 is 15.3 Å². The van der Waals surface area contributed by atoms with Gasteiger partial charge in [-0.3, -0.25) is 4.79 Å². The van der Waals surface area contributed by atoms with Crippen LogP contribution in [0.25, 0.3) is 16.7 Å². The fourth-order valence-corrected chi connectivity index (χ4v) is 2.01. The summed E-state index contributed by atoms with van der Waals surface area (Å²) in [7, 11) is 0. The Bertz CT molecular complexity index is 705. The molecule has 5 heteroatoms. The first-order valence-electron chi connectivity index (χ1n) is 5.34. The molecule has 18 heavy (non-hydrogen) atoms. The zero-order valence-electron chi connectivity index (χ0n) is 9.16. The lowest BCUT2D eigenvalue weighted by Gasteiger charge is -2.19. The maximum atomic E-state index is 11.8. The van der Waals surface area contributed by atoms with Gasteiger partial charge in [0.05, 0.1) is 11.1 Å². The number of nitrogens with zero attached hydrogens (tertiary/aromatic N) is 1. The van der Waals surface area contributed by atoms with Gasteiger partial charge in [-0.05, 0) is 12.1 Å². The summed E-state index contributed by atoms with van der Waals surface area (Å²) in [6.07, 6.45) is -1.72. The number of hydrogen-bond donors (Lipinski definition) is 3. The van der Waals surface area contributed by atoms with Crippen molar-refractivity contribution in [3.63, 3.8) is 0 Å². The topological polar surface area (TPSA) is 90.7 Å². The Morgan fingerprint density at radius 3 is 2.67 bits per heavy atom. The first-order valence-corrected chi connectivity index (χ1v) is 5.34. The Balaban J connectivity index is 2.38. The molecule has 0 radical (unpaired) electrons. The van der Waals surface area contributed by atoms with Crippen molar-refractivity contribution in [2.75, 3.05) is 0 Å². The minimum absolute atomic E-state index is 0.00139. The van der Waals surface area contributed by atoms with Gasteiger partial charge in [-0.2, -0.15) is 0 Å². The lowest BCUT2D eigenvalue weighted by Crippen LogP contribution is -2.29. The van der Waals surface area contributed by atoms with Crippen molar-refractivity contribution in [1.82, 2.24) is 4.98 Å². The molecule has 1 aromatic heterocycles. The van der Waals surface area contributed by atoms with Crippen LogP contribution in [0.2, 0.25) is 0 Å². The molecule has 0 amide bonds. The van der Waals surface area contributed by atoms with E-state index in [1.807, 2.05) is 0 Å². The molecule has 0 saturated carbocycles. The average molecular weight is 243 g/mol. The zero-order valence-corrected chi connectivity index (χ0v) is 9.16. The highest BCUT2D eigenvalue weighted by molar-refractivity contribution is 6.09. The zero-order chi connectivity index (χ0) is 12.9. The summed E-state index contributed by atoms with van der Waals surface area (Å²) in [6, 6.07) is 8.63. The summed E-state index contributed by atoms with van der Waals surface area (Å²) in [5, 5.41) is 29.4. The SMILES string of the molecule is O=C1c2cc3ccccc3nc2C(O)=C(O)C1O. The van der Waals surface area contributed by atoms with Crippen molar-refractivity contribution in [3.8, 4) is 0 Å². The van der Waals surface area contributed by atoms with Crippen LogP contribution in [-0.2, 0) is 0 Å².